The van der Waals surface area contributed by atoms with Crippen molar-refractivity contribution >= 4 is 17.4 Å². The minimum Gasteiger partial charge on any atom is -0.452 e. The molecule has 0 bridgehead atoms. The minimum atomic E-state index is -1.40. The number of carbonyl (C=O) groups excluding carboxylic acids is 1. The lowest BCUT2D eigenvalue weighted by atomic mass is 10.1. The van der Waals surface area contributed by atoms with E-state index >= 15 is 0 Å². The molecule has 0 N–H and O–H groups in total. The minimum absolute atomic E-state index is 0.00964. The molecule has 122 valence electrons. The number of carbonyl (C=O) groups is 1. The average molecular weight is 345 g/mol. The Morgan fingerprint density at radius 3 is 2.52 bits per heavy atom. The van der Waals surface area contributed by atoms with Crippen LogP contribution in [0.1, 0.15) is 15.9 Å². The molecule has 23 heavy (non-hydrogen) atoms. The van der Waals surface area contributed by atoms with Gasteiger partial charge in [-0.15, -0.1) is 0 Å². The van der Waals surface area contributed by atoms with Crippen molar-refractivity contribution in [3.05, 3.63) is 57.9 Å². The molecular formula is C16H12ClF3O3. The molecule has 2 aromatic carbocycles. The molecule has 0 atom stereocenters. The maximum atomic E-state index is 13.9. The normalized spacial score (nSPS) is 10.7. The van der Waals surface area contributed by atoms with Crippen LogP contribution in [-0.2, 0) is 4.74 Å². The van der Waals surface area contributed by atoms with Crippen LogP contribution in [-0.4, -0.2) is 19.5 Å². The Kier molecular flexibility index (Phi) is 5.28. The van der Waals surface area contributed by atoms with E-state index in [1.165, 1.54) is 31.4 Å². The van der Waals surface area contributed by atoms with Gasteiger partial charge < -0.3 is 9.47 Å². The van der Waals surface area contributed by atoms with Crippen molar-refractivity contribution in [2.75, 3.05) is 13.7 Å². The smallest absolute Gasteiger partial charge is 0.203 e. The molecular weight excluding hydrogens is 333 g/mol. The van der Waals surface area contributed by atoms with Crippen LogP contribution in [0.4, 0.5) is 13.2 Å². The summed E-state index contributed by atoms with van der Waals surface area (Å²) in [7, 11) is 1.37. The zero-order valence-corrected chi connectivity index (χ0v) is 13.0. The first-order chi connectivity index (χ1) is 10.9. The van der Waals surface area contributed by atoms with E-state index in [-0.39, 0.29) is 23.7 Å². The van der Waals surface area contributed by atoms with Gasteiger partial charge in [-0.1, -0.05) is 23.7 Å². The van der Waals surface area contributed by atoms with E-state index in [0.29, 0.717) is 0 Å². The highest BCUT2D eigenvalue weighted by molar-refractivity contribution is 6.32. The lowest BCUT2D eigenvalue weighted by Gasteiger charge is -2.12. The number of Topliss-reactive ketones (excluding diaryl/α,β-unsaturated/α-hetero) is 1. The van der Waals surface area contributed by atoms with Crippen LogP contribution < -0.4 is 4.74 Å². The first-order valence-corrected chi connectivity index (χ1v) is 6.87. The first kappa shape index (κ1) is 17.3. The van der Waals surface area contributed by atoms with Crippen molar-refractivity contribution in [2.24, 2.45) is 0 Å². The molecule has 0 aromatic heterocycles. The fourth-order valence-electron chi connectivity index (χ4n) is 1.88. The van der Waals surface area contributed by atoms with Gasteiger partial charge in [0.2, 0.25) is 5.82 Å². The van der Waals surface area contributed by atoms with Gasteiger partial charge in [0.05, 0.1) is 0 Å². The highest BCUT2D eigenvalue weighted by Gasteiger charge is 2.23. The highest BCUT2D eigenvalue weighted by Crippen LogP contribution is 2.37. The van der Waals surface area contributed by atoms with Crippen LogP contribution in [0.25, 0.3) is 0 Å². The standard InChI is InChI=1S/C16H12ClF3O3/c1-8-13(18)12(17)16(15(20)14(8)19)23-10-5-3-4-9(6-10)11(21)7-22-2/h3-6H,7H2,1-2H3. The average Bonchev–Trinajstić information content (AvgIpc) is 2.55. The summed E-state index contributed by atoms with van der Waals surface area (Å²) in [5.41, 5.74) is -0.294. The summed E-state index contributed by atoms with van der Waals surface area (Å²) in [6, 6.07) is 5.68. The van der Waals surface area contributed by atoms with Crippen molar-refractivity contribution in [2.45, 2.75) is 6.92 Å². The van der Waals surface area contributed by atoms with Crippen molar-refractivity contribution in [3.8, 4) is 11.5 Å². The van der Waals surface area contributed by atoms with Crippen molar-refractivity contribution in [1.82, 2.24) is 0 Å². The number of methoxy groups -OCH3 is 1. The summed E-state index contributed by atoms with van der Waals surface area (Å²) >= 11 is 5.68. The van der Waals surface area contributed by atoms with E-state index in [2.05, 4.69) is 0 Å². The monoisotopic (exact) mass is 344 g/mol. The van der Waals surface area contributed by atoms with Gasteiger partial charge in [-0.3, -0.25) is 4.79 Å². The maximum absolute atomic E-state index is 13.9. The Labute approximate surface area is 135 Å². The number of halogens is 4. The fourth-order valence-corrected chi connectivity index (χ4v) is 2.14. The maximum Gasteiger partial charge on any atom is 0.203 e. The number of ketones is 1. The summed E-state index contributed by atoms with van der Waals surface area (Å²) in [5, 5.41) is -0.671. The molecule has 0 fully saturated rings. The third-order valence-corrected chi connectivity index (χ3v) is 3.43. The third-order valence-electron chi connectivity index (χ3n) is 3.09. The third kappa shape index (κ3) is 3.48. The number of hydrogen-bond donors (Lipinski definition) is 0. The van der Waals surface area contributed by atoms with E-state index in [9.17, 15) is 18.0 Å². The van der Waals surface area contributed by atoms with Crippen molar-refractivity contribution in [1.29, 1.82) is 0 Å². The molecule has 0 spiro atoms. The SMILES string of the molecule is COCC(=O)c1cccc(Oc2c(F)c(F)c(C)c(F)c2Cl)c1. The summed E-state index contributed by atoms with van der Waals surface area (Å²) in [6.45, 7) is 0.916. The number of benzene rings is 2. The van der Waals surface area contributed by atoms with E-state index in [1.807, 2.05) is 0 Å². The number of rotatable bonds is 5. The second-order valence-electron chi connectivity index (χ2n) is 4.70. The summed E-state index contributed by atoms with van der Waals surface area (Å²) in [6.07, 6.45) is 0. The number of ether oxygens (including phenoxy) is 2. The molecule has 7 heteroatoms. The molecule has 2 rings (SSSR count). The molecule has 0 amide bonds. The second kappa shape index (κ2) is 7.02. The lowest BCUT2D eigenvalue weighted by molar-refractivity contribution is 0.0847. The van der Waals surface area contributed by atoms with Crippen molar-refractivity contribution in [3.63, 3.8) is 0 Å². The number of hydrogen-bond acceptors (Lipinski definition) is 3. The largest absolute Gasteiger partial charge is 0.452 e. The molecule has 0 aliphatic heterocycles. The zero-order chi connectivity index (χ0) is 17.1. The first-order valence-electron chi connectivity index (χ1n) is 6.49. The zero-order valence-electron chi connectivity index (χ0n) is 12.3. The van der Waals surface area contributed by atoms with Gasteiger partial charge >= 0.3 is 0 Å². The second-order valence-corrected chi connectivity index (χ2v) is 5.07. The Hall–Kier alpha value is -2.05. The van der Waals surface area contributed by atoms with Crippen LogP contribution in [0.5, 0.6) is 11.5 Å². The van der Waals surface area contributed by atoms with E-state index in [4.69, 9.17) is 21.1 Å². The van der Waals surface area contributed by atoms with Crippen LogP contribution in [0.3, 0.4) is 0 Å². The van der Waals surface area contributed by atoms with Gasteiger partial charge in [0, 0.05) is 18.2 Å². The molecule has 0 saturated carbocycles. The predicted molar refractivity (Wildman–Crippen MR) is 78.8 cm³/mol. The van der Waals surface area contributed by atoms with Crippen LogP contribution in [0.2, 0.25) is 5.02 Å². The molecule has 3 nitrogen and oxygen atoms in total. The Morgan fingerprint density at radius 2 is 1.87 bits per heavy atom. The Balaban J connectivity index is 2.41. The highest BCUT2D eigenvalue weighted by atomic mass is 35.5. The van der Waals surface area contributed by atoms with Gasteiger partial charge in [-0.2, -0.15) is 4.39 Å². The van der Waals surface area contributed by atoms with E-state index in [1.54, 1.807) is 0 Å². The van der Waals surface area contributed by atoms with E-state index < -0.39 is 33.8 Å². The quantitative estimate of drug-likeness (QED) is 0.583. The summed E-state index contributed by atoms with van der Waals surface area (Å²) < 4.78 is 51.2. The lowest BCUT2D eigenvalue weighted by Crippen LogP contribution is -2.07. The Morgan fingerprint density at radius 1 is 1.17 bits per heavy atom. The van der Waals surface area contributed by atoms with Crippen LogP contribution >= 0.6 is 11.6 Å². The van der Waals surface area contributed by atoms with Crippen molar-refractivity contribution < 1.29 is 27.4 Å². The molecule has 0 aliphatic carbocycles. The molecule has 2 aromatic rings. The van der Waals surface area contributed by atoms with Gasteiger partial charge in [0.25, 0.3) is 0 Å². The Bertz CT molecular complexity index is 733. The van der Waals surface area contributed by atoms with Crippen LogP contribution in [0.15, 0.2) is 24.3 Å². The van der Waals surface area contributed by atoms with Crippen LogP contribution in [0, 0.1) is 24.4 Å². The topological polar surface area (TPSA) is 35.5 Å². The van der Waals surface area contributed by atoms with Gasteiger partial charge in [-0.05, 0) is 19.1 Å². The summed E-state index contributed by atoms with van der Waals surface area (Å²) in [4.78, 5) is 11.7. The predicted octanol–water partition coefficient (Wildman–Crippen LogP) is 4.69. The van der Waals surface area contributed by atoms with E-state index in [0.717, 1.165) is 6.92 Å². The molecule has 0 radical (unpaired) electrons. The summed E-state index contributed by atoms with van der Waals surface area (Å²) in [5.74, 6) is -4.98. The molecule has 0 aliphatic rings. The fraction of sp³-hybridized carbons (Fsp3) is 0.188. The van der Waals surface area contributed by atoms with Gasteiger partial charge in [0.1, 0.15) is 17.4 Å². The molecule has 0 heterocycles. The molecule has 0 saturated heterocycles. The van der Waals surface area contributed by atoms with Gasteiger partial charge in [-0.25, -0.2) is 8.78 Å². The van der Waals surface area contributed by atoms with Gasteiger partial charge in [0.15, 0.2) is 23.2 Å². The molecule has 0 unspecified atom stereocenters.